The van der Waals surface area contributed by atoms with Gasteiger partial charge in [-0.15, -0.1) is 0 Å². The van der Waals surface area contributed by atoms with Gasteiger partial charge >= 0.3 is 0 Å². The van der Waals surface area contributed by atoms with Gasteiger partial charge in [0, 0.05) is 12.8 Å². The number of aliphatic hydroxyl groups is 3. The molecule has 0 aliphatic rings. The van der Waals surface area contributed by atoms with Gasteiger partial charge in [-0.1, -0.05) is 164 Å². The Morgan fingerprint density at radius 2 is 0.814 bits per heavy atom. The molecule has 0 aromatic rings. The molecule has 6 heteroatoms. The molecule has 0 aliphatic heterocycles. The molecule has 0 saturated heterocycles. The van der Waals surface area contributed by atoms with Crippen molar-refractivity contribution in [1.29, 1.82) is 0 Å². The highest BCUT2D eigenvalue weighted by Gasteiger charge is 2.55. The fourth-order valence-corrected chi connectivity index (χ4v) is 6.11. The number of Topliss-reactive ketones (excluding diaryl/α,β-unsaturated/α-hetero) is 2. The Morgan fingerprint density at radius 3 is 1.16 bits per heavy atom. The number of hydrogen-bond donors (Lipinski definition) is 3. The van der Waals surface area contributed by atoms with Crippen molar-refractivity contribution in [2.24, 2.45) is 0 Å². The first kappa shape index (κ1) is 42.4. The maximum absolute atomic E-state index is 12.8. The lowest BCUT2D eigenvalue weighted by molar-refractivity contribution is -0.172. The fourth-order valence-electron chi connectivity index (χ4n) is 5.71. The lowest BCUT2D eigenvalue weighted by Crippen LogP contribution is -2.62. The molecule has 43 heavy (non-hydrogen) atoms. The van der Waals surface area contributed by atoms with Crippen LogP contribution in [-0.4, -0.2) is 44.4 Å². The molecule has 5 nitrogen and oxygen atoms in total. The predicted octanol–water partition coefficient (Wildman–Crippen LogP) is 9.93. The summed E-state index contributed by atoms with van der Waals surface area (Å²) in [6, 6.07) is 0. The van der Waals surface area contributed by atoms with Crippen molar-refractivity contribution in [3.63, 3.8) is 0 Å². The highest BCUT2D eigenvalue weighted by molar-refractivity contribution is 7.21. The zero-order valence-electron chi connectivity index (χ0n) is 28.4. The van der Waals surface area contributed by atoms with Crippen LogP contribution in [0.2, 0.25) is 0 Å². The van der Waals surface area contributed by atoms with Crippen LogP contribution in [0.3, 0.4) is 0 Å². The molecule has 0 bridgehead atoms. The van der Waals surface area contributed by atoms with E-state index in [0.29, 0.717) is 12.8 Å². The summed E-state index contributed by atoms with van der Waals surface area (Å²) < 4.78 is 0. The summed E-state index contributed by atoms with van der Waals surface area (Å²) in [5.74, 6) is -1.26. The van der Waals surface area contributed by atoms with Crippen molar-refractivity contribution in [2.45, 2.75) is 205 Å². The van der Waals surface area contributed by atoms with Gasteiger partial charge in [-0.3, -0.25) is 9.59 Å². The van der Waals surface area contributed by atoms with Crippen LogP contribution in [0.5, 0.6) is 0 Å². The molecule has 3 atom stereocenters. The summed E-state index contributed by atoms with van der Waals surface area (Å²) in [7, 11) is 1.96. The van der Waals surface area contributed by atoms with E-state index in [2.05, 4.69) is 26.0 Å². The van der Waals surface area contributed by atoms with Gasteiger partial charge in [0.15, 0.2) is 22.5 Å². The second kappa shape index (κ2) is 28.8. The van der Waals surface area contributed by atoms with Gasteiger partial charge in [0.05, 0.1) is 6.61 Å². The normalized spacial score (nSPS) is 14.7. The van der Waals surface area contributed by atoms with Crippen molar-refractivity contribution in [3.8, 4) is 0 Å². The molecule has 0 aromatic heterocycles. The Kier molecular flexibility index (Phi) is 28.4. The van der Waals surface area contributed by atoms with Crippen molar-refractivity contribution >= 4 is 20.8 Å². The number of allylic oxidation sites excluding steroid dienone is 2. The second-order valence-electron chi connectivity index (χ2n) is 13.0. The van der Waals surface area contributed by atoms with Gasteiger partial charge in [-0.05, 0) is 38.5 Å². The largest absolute Gasteiger partial charge is 0.393 e. The molecule has 0 aromatic carbocycles. The van der Waals surface area contributed by atoms with Crippen molar-refractivity contribution < 1.29 is 24.9 Å². The number of aliphatic hydroxyl groups excluding tert-OH is 1. The van der Waals surface area contributed by atoms with Crippen molar-refractivity contribution in [1.82, 2.24) is 0 Å². The number of carbonyl (C=O) groups excluding carboxylic acids is 2. The van der Waals surface area contributed by atoms with Crippen molar-refractivity contribution in [2.75, 3.05) is 6.61 Å². The minimum atomic E-state index is -2.48. The Bertz CT molecular complexity index is 692. The van der Waals surface area contributed by atoms with Crippen LogP contribution in [0.1, 0.15) is 194 Å². The molecule has 0 aliphatic carbocycles. The first-order chi connectivity index (χ1) is 20.8. The lowest BCUT2D eigenvalue weighted by Gasteiger charge is -2.37. The van der Waals surface area contributed by atoms with Crippen LogP contribution in [0.4, 0.5) is 0 Å². The summed E-state index contributed by atoms with van der Waals surface area (Å²) in [6.07, 6.45) is 35.1. The third-order valence-corrected chi connectivity index (χ3v) is 9.72. The van der Waals surface area contributed by atoms with E-state index < -0.39 is 29.1 Å². The van der Waals surface area contributed by atoms with Gasteiger partial charge < -0.3 is 15.3 Å². The number of ketones is 2. The van der Waals surface area contributed by atoms with E-state index in [4.69, 9.17) is 0 Å². The number of rotatable bonds is 33. The number of hydrogen-bond acceptors (Lipinski definition) is 5. The minimum absolute atomic E-state index is 0.0478. The first-order valence-corrected chi connectivity index (χ1v) is 18.9. The number of carbonyl (C=O) groups is 2. The van der Waals surface area contributed by atoms with E-state index in [1.807, 2.05) is 9.24 Å². The molecule has 0 heterocycles. The van der Waals surface area contributed by atoms with E-state index >= 15 is 0 Å². The van der Waals surface area contributed by atoms with Crippen LogP contribution in [-0.2, 0) is 9.59 Å². The third-order valence-electron chi connectivity index (χ3n) is 8.92. The van der Waals surface area contributed by atoms with Crippen LogP contribution >= 0.6 is 9.24 Å². The molecular formula is C37H71O5P. The Labute approximate surface area is 268 Å². The van der Waals surface area contributed by atoms with E-state index in [-0.39, 0.29) is 12.8 Å². The van der Waals surface area contributed by atoms with Crippen molar-refractivity contribution in [3.05, 3.63) is 12.2 Å². The lowest BCUT2D eigenvalue weighted by atomic mass is 9.85. The molecular weight excluding hydrogens is 555 g/mol. The average Bonchev–Trinajstić information content (AvgIpc) is 3.00. The molecule has 3 unspecified atom stereocenters. The first-order valence-electron chi connectivity index (χ1n) is 18.3. The topological polar surface area (TPSA) is 94.8 Å². The molecule has 0 amide bonds. The highest BCUT2D eigenvalue weighted by Crippen LogP contribution is 2.34. The van der Waals surface area contributed by atoms with Gasteiger partial charge in [-0.2, -0.15) is 0 Å². The zero-order chi connectivity index (χ0) is 32.1. The second-order valence-corrected chi connectivity index (χ2v) is 13.8. The maximum atomic E-state index is 12.8. The Morgan fingerprint density at radius 1 is 0.512 bits per heavy atom. The van der Waals surface area contributed by atoms with Gasteiger partial charge in [0.1, 0.15) is 0 Å². The molecule has 3 N–H and O–H groups in total. The minimum Gasteiger partial charge on any atom is -0.393 e. The van der Waals surface area contributed by atoms with Crippen LogP contribution < -0.4 is 0 Å². The van der Waals surface area contributed by atoms with E-state index in [9.17, 15) is 24.9 Å². The third kappa shape index (κ3) is 20.9. The van der Waals surface area contributed by atoms with E-state index in [1.165, 1.54) is 103 Å². The summed E-state index contributed by atoms with van der Waals surface area (Å²) in [5, 5.41) is 29.3. The summed E-state index contributed by atoms with van der Waals surface area (Å²) >= 11 is 0. The average molecular weight is 627 g/mol. The molecule has 254 valence electrons. The van der Waals surface area contributed by atoms with Crippen LogP contribution in [0.15, 0.2) is 12.2 Å². The summed E-state index contributed by atoms with van der Waals surface area (Å²) in [5.41, 5.74) is -2.48. The summed E-state index contributed by atoms with van der Waals surface area (Å²) in [6.45, 7) is 3.52. The standard InChI is InChI=1S/C37H71O5P/c1-3-5-7-9-11-13-15-17-18-20-22-24-26-28-30-32-35(40)37(42,43)36(41,33-38)34(39)31-29-27-25-23-21-19-16-14-12-10-8-6-4-2/h17-18,38,41-42H,3-16,19-33,43H2,1-2H3. The van der Waals surface area contributed by atoms with Gasteiger partial charge in [0.25, 0.3) is 0 Å². The fraction of sp³-hybridized carbons (Fsp3) is 0.892. The van der Waals surface area contributed by atoms with Gasteiger partial charge in [0.2, 0.25) is 0 Å². The molecule has 0 radical (unpaired) electrons. The van der Waals surface area contributed by atoms with Crippen LogP contribution in [0, 0.1) is 0 Å². The molecule has 0 fully saturated rings. The van der Waals surface area contributed by atoms with Crippen LogP contribution in [0.25, 0.3) is 0 Å². The summed E-state index contributed by atoms with van der Waals surface area (Å²) in [4.78, 5) is 25.6. The van der Waals surface area contributed by atoms with E-state index in [1.54, 1.807) is 0 Å². The Hall–Kier alpha value is -0.610. The van der Waals surface area contributed by atoms with E-state index in [0.717, 1.165) is 51.4 Å². The quantitative estimate of drug-likeness (QED) is 0.0383. The molecule has 0 spiro atoms. The zero-order valence-corrected chi connectivity index (χ0v) is 29.6. The maximum Gasteiger partial charge on any atom is 0.185 e. The van der Waals surface area contributed by atoms with Gasteiger partial charge in [-0.25, -0.2) is 0 Å². The predicted molar refractivity (Wildman–Crippen MR) is 186 cm³/mol. The monoisotopic (exact) mass is 627 g/mol. The molecule has 0 saturated carbocycles. The Balaban J connectivity index is 4.03. The SMILES string of the molecule is CCCCCCCCC=CCCCCCCCC(=O)C(O)(P)C(O)(CO)C(=O)CCCCCCCCCCCCCCC. The molecule has 0 rings (SSSR count). The highest BCUT2D eigenvalue weighted by atomic mass is 31.0. The smallest absolute Gasteiger partial charge is 0.185 e. The number of unbranched alkanes of at least 4 members (excludes halogenated alkanes) is 23.